The molecule has 0 radical (unpaired) electrons. The van der Waals surface area contributed by atoms with E-state index in [2.05, 4.69) is 15.5 Å². The van der Waals surface area contributed by atoms with Gasteiger partial charge in [-0.2, -0.15) is 13.2 Å². The van der Waals surface area contributed by atoms with Gasteiger partial charge in [0.05, 0.1) is 29.4 Å². The summed E-state index contributed by atoms with van der Waals surface area (Å²) >= 11 is 14.1. The lowest BCUT2D eigenvalue weighted by Crippen LogP contribution is -2.29. The molecule has 1 aromatic heterocycles. The SMILES string of the molecule is COc1cccc(CSc2nnc(C(C)NC(=O)c3cccc(C(F)(F)F)c3)n2-c2cc(Cl)ccc2Cl)c1. The molecule has 3 aromatic carbocycles. The smallest absolute Gasteiger partial charge is 0.416 e. The standard InChI is InChI=1S/C26H21Cl2F3N4O2S/c1-15(32-24(36)17-6-4-7-18(12-17)26(29,30)31)23-33-34-25(35(23)22-13-19(27)9-10-21(22)28)38-14-16-5-3-8-20(11-16)37-2/h3-13,15H,14H2,1-2H3,(H,32,36). The third kappa shape index (κ3) is 6.43. The second kappa shape index (κ2) is 11.7. The fraction of sp³-hybridized carbons (Fsp3) is 0.192. The van der Waals surface area contributed by atoms with Crippen molar-refractivity contribution in [2.75, 3.05) is 7.11 Å². The van der Waals surface area contributed by atoms with Crippen LogP contribution in [0.5, 0.6) is 5.75 Å². The molecule has 0 bridgehead atoms. The average Bonchev–Trinajstić information content (AvgIpc) is 3.32. The van der Waals surface area contributed by atoms with E-state index in [0.29, 0.717) is 38.2 Å². The summed E-state index contributed by atoms with van der Waals surface area (Å²) in [5.41, 5.74) is 0.426. The first-order valence-corrected chi connectivity index (χ1v) is 13.0. The van der Waals surface area contributed by atoms with Crippen LogP contribution < -0.4 is 10.1 Å². The van der Waals surface area contributed by atoms with Gasteiger partial charge in [0.25, 0.3) is 5.91 Å². The monoisotopic (exact) mass is 580 g/mol. The normalized spacial score (nSPS) is 12.3. The molecule has 198 valence electrons. The fourth-order valence-electron chi connectivity index (χ4n) is 3.63. The molecule has 0 aliphatic carbocycles. The number of thioether (sulfide) groups is 1. The second-order valence-electron chi connectivity index (χ2n) is 8.19. The third-order valence-electron chi connectivity index (χ3n) is 5.50. The zero-order valence-corrected chi connectivity index (χ0v) is 22.4. The van der Waals surface area contributed by atoms with E-state index in [0.717, 1.165) is 17.7 Å². The van der Waals surface area contributed by atoms with Gasteiger partial charge in [-0.05, 0) is 61.0 Å². The van der Waals surface area contributed by atoms with Crippen LogP contribution in [-0.2, 0) is 11.9 Å². The van der Waals surface area contributed by atoms with E-state index in [1.807, 2.05) is 24.3 Å². The van der Waals surface area contributed by atoms with E-state index in [1.54, 1.807) is 36.8 Å². The molecule has 1 heterocycles. The van der Waals surface area contributed by atoms with E-state index >= 15 is 0 Å². The Bertz CT molecular complexity index is 1460. The van der Waals surface area contributed by atoms with E-state index in [-0.39, 0.29) is 5.56 Å². The van der Waals surface area contributed by atoms with Crippen LogP contribution in [-0.4, -0.2) is 27.8 Å². The lowest BCUT2D eigenvalue weighted by atomic mass is 10.1. The van der Waals surface area contributed by atoms with Gasteiger partial charge in [-0.1, -0.05) is 53.2 Å². The van der Waals surface area contributed by atoms with E-state index in [1.165, 1.54) is 23.9 Å². The Balaban J connectivity index is 1.65. The van der Waals surface area contributed by atoms with Gasteiger partial charge < -0.3 is 10.1 Å². The molecule has 0 saturated carbocycles. The van der Waals surface area contributed by atoms with Crippen LogP contribution in [0.4, 0.5) is 13.2 Å². The molecule has 0 spiro atoms. The Kier molecular flexibility index (Phi) is 8.54. The molecular formula is C26H21Cl2F3N4O2S. The van der Waals surface area contributed by atoms with Crippen molar-refractivity contribution in [2.24, 2.45) is 0 Å². The Morgan fingerprint density at radius 2 is 1.84 bits per heavy atom. The van der Waals surface area contributed by atoms with Crippen molar-refractivity contribution in [3.05, 3.63) is 99.3 Å². The highest BCUT2D eigenvalue weighted by Gasteiger charge is 2.31. The van der Waals surface area contributed by atoms with Gasteiger partial charge in [0.1, 0.15) is 5.75 Å². The number of halogens is 5. The molecule has 1 N–H and O–H groups in total. The van der Waals surface area contributed by atoms with Gasteiger partial charge in [-0.25, -0.2) is 0 Å². The predicted octanol–water partition coefficient (Wildman–Crippen LogP) is 7.38. The summed E-state index contributed by atoms with van der Waals surface area (Å²) in [5, 5.41) is 12.6. The van der Waals surface area contributed by atoms with Crippen molar-refractivity contribution in [3.63, 3.8) is 0 Å². The van der Waals surface area contributed by atoms with Crippen molar-refractivity contribution in [1.82, 2.24) is 20.1 Å². The van der Waals surface area contributed by atoms with Gasteiger partial charge in [-0.3, -0.25) is 9.36 Å². The van der Waals surface area contributed by atoms with E-state index in [9.17, 15) is 18.0 Å². The van der Waals surface area contributed by atoms with E-state index < -0.39 is 23.7 Å². The first kappa shape index (κ1) is 27.8. The molecule has 6 nitrogen and oxygen atoms in total. The summed E-state index contributed by atoms with van der Waals surface area (Å²) < 4.78 is 46.3. The van der Waals surface area contributed by atoms with Crippen LogP contribution in [0.15, 0.2) is 71.9 Å². The molecule has 4 rings (SSSR count). The molecule has 1 amide bonds. The molecular weight excluding hydrogens is 560 g/mol. The molecule has 0 aliphatic rings. The summed E-state index contributed by atoms with van der Waals surface area (Å²) in [7, 11) is 1.59. The Labute approximate surface area is 231 Å². The summed E-state index contributed by atoms with van der Waals surface area (Å²) in [5.74, 6) is 0.871. The van der Waals surface area contributed by atoms with Crippen molar-refractivity contribution >= 4 is 40.9 Å². The number of nitrogens with one attached hydrogen (secondary N) is 1. The first-order chi connectivity index (χ1) is 18.1. The summed E-state index contributed by atoms with van der Waals surface area (Å²) in [6.07, 6.45) is -4.57. The highest BCUT2D eigenvalue weighted by Crippen LogP contribution is 2.33. The first-order valence-electron chi connectivity index (χ1n) is 11.2. The third-order valence-corrected chi connectivity index (χ3v) is 7.05. The van der Waals surface area contributed by atoms with Gasteiger partial charge in [0, 0.05) is 16.3 Å². The quantitative estimate of drug-likeness (QED) is 0.220. The maximum Gasteiger partial charge on any atom is 0.416 e. The summed E-state index contributed by atoms with van der Waals surface area (Å²) in [6, 6.07) is 15.9. The van der Waals surface area contributed by atoms with Crippen molar-refractivity contribution in [3.8, 4) is 11.4 Å². The number of hydrogen-bond acceptors (Lipinski definition) is 5. The molecule has 12 heteroatoms. The molecule has 1 unspecified atom stereocenters. The molecule has 0 fully saturated rings. The molecule has 0 saturated heterocycles. The molecule has 38 heavy (non-hydrogen) atoms. The highest BCUT2D eigenvalue weighted by atomic mass is 35.5. The number of aromatic nitrogens is 3. The van der Waals surface area contributed by atoms with E-state index in [4.69, 9.17) is 27.9 Å². The number of ether oxygens (including phenoxy) is 1. The van der Waals surface area contributed by atoms with Crippen LogP contribution in [0.3, 0.4) is 0 Å². The lowest BCUT2D eigenvalue weighted by Gasteiger charge is -2.18. The molecule has 4 aromatic rings. The number of hydrogen-bond donors (Lipinski definition) is 1. The van der Waals surface area contributed by atoms with Gasteiger partial charge in [-0.15, -0.1) is 10.2 Å². The number of carbonyl (C=O) groups excluding carboxylic acids is 1. The minimum absolute atomic E-state index is 0.133. The topological polar surface area (TPSA) is 69.0 Å². The Morgan fingerprint density at radius 1 is 1.08 bits per heavy atom. The number of nitrogens with zero attached hydrogens (tertiary/aromatic N) is 3. The second-order valence-corrected chi connectivity index (χ2v) is 9.97. The van der Waals surface area contributed by atoms with Crippen LogP contribution in [0.25, 0.3) is 5.69 Å². The number of methoxy groups -OCH3 is 1. The van der Waals surface area contributed by atoms with Crippen LogP contribution >= 0.6 is 35.0 Å². The minimum Gasteiger partial charge on any atom is -0.497 e. The number of benzene rings is 3. The van der Waals surface area contributed by atoms with Crippen LogP contribution in [0, 0.1) is 0 Å². The van der Waals surface area contributed by atoms with Crippen molar-refractivity contribution in [1.29, 1.82) is 0 Å². The number of carbonyl (C=O) groups is 1. The number of rotatable bonds is 8. The number of alkyl halides is 3. The van der Waals surface area contributed by atoms with Crippen molar-refractivity contribution < 1.29 is 22.7 Å². The molecule has 0 aliphatic heterocycles. The lowest BCUT2D eigenvalue weighted by molar-refractivity contribution is -0.137. The maximum absolute atomic E-state index is 13.1. The van der Waals surface area contributed by atoms with Crippen molar-refractivity contribution in [2.45, 2.75) is 30.1 Å². The largest absolute Gasteiger partial charge is 0.497 e. The number of amides is 1. The van der Waals surface area contributed by atoms with Crippen LogP contribution in [0.1, 0.15) is 40.3 Å². The van der Waals surface area contributed by atoms with Gasteiger partial charge in [0.15, 0.2) is 11.0 Å². The maximum atomic E-state index is 13.1. The highest BCUT2D eigenvalue weighted by molar-refractivity contribution is 7.98. The van der Waals surface area contributed by atoms with Gasteiger partial charge in [0.2, 0.25) is 0 Å². The minimum atomic E-state index is -4.57. The van der Waals surface area contributed by atoms with Crippen LogP contribution in [0.2, 0.25) is 10.0 Å². The zero-order valence-electron chi connectivity index (χ0n) is 20.1. The summed E-state index contributed by atoms with van der Waals surface area (Å²) in [6.45, 7) is 1.65. The van der Waals surface area contributed by atoms with Gasteiger partial charge >= 0.3 is 6.18 Å². The predicted molar refractivity (Wildman–Crippen MR) is 141 cm³/mol. The summed E-state index contributed by atoms with van der Waals surface area (Å²) in [4.78, 5) is 12.9. The fourth-order valence-corrected chi connectivity index (χ4v) is 4.89. The zero-order chi connectivity index (χ0) is 27.4. The Morgan fingerprint density at radius 3 is 2.58 bits per heavy atom. The molecule has 1 atom stereocenters. The Hall–Kier alpha value is -3.21. The average molecular weight is 581 g/mol.